The van der Waals surface area contributed by atoms with Crippen LogP contribution in [0.1, 0.15) is 22.8 Å². The van der Waals surface area contributed by atoms with Crippen molar-refractivity contribution in [3.63, 3.8) is 0 Å². The van der Waals surface area contributed by atoms with Crippen LogP contribution in [0.3, 0.4) is 0 Å². The smallest absolute Gasteiger partial charge is 0.335 e. The van der Waals surface area contributed by atoms with Crippen molar-refractivity contribution in [1.82, 2.24) is 4.98 Å². The number of rotatable bonds is 5. The van der Waals surface area contributed by atoms with E-state index in [4.69, 9.17) is 14.6 Å². The number of aryl methyl sites for hydroxylation is 1. The summed E-state index contributed by atoms with van der Waals surface area (Å²) in [5.41, 5.74) is 0.989. The van der Waals surface area contributed by atoms with Crippen molar-refractivity contribution in [3.8, 4) is 17.4 Å². The van der Waals surface area contributed by atoms with Crippen LogP contribution in [0.5, 0.6) is 17.4 Å². The fraction of sp³-hybridized carbons (Fsp3) is 0.200. The summed E-state index contributed by atoms with van der Waals surface area (Å²) >= 11 is 0. The van der Waals surface area contributed by atoms with E-state index in [1.165, 1.54) is 12.1 Å². The van der Waals surface area contributed by atoms with Crippen LogP contribution in [0.25, 0.3) is 0 Å². The molecule has 0 saturated carbocycles. The van der Waals surface area contributed by atoms with Crippen molar-refractivity contribution in [2.45, 2.75) is 13.8 Å². The summed E-state index contributed by atoms with van der Waals surface area (Å²) < 4.78 is 11.1. The van der Waals surface area contributed by atoms with Gasteiger partial charge in [-0.15, -0.1) is 0 Å². The predicted molar refractivity (Wildman–Crippen MR) is 73.6 cm³/mol. The molecule has 0 unspecified atom stereocenters. The molecule has 0 radical (unpaired) electrons. The molecule has 1 aromatic heterocycles. The van der Waals surface area contributed by atoms with Crippen molar-refractivity contribution in [3.05, 3.63) is 47.7 Å². The van der Waals surface area contributed by atoms with E-state index in [-0.39, 0.29) is 5.56 Å². The number of aromatic carboxylic acids is 1. The average Bonchev–Trinajstić information content (AvgIpc) is 2.43. The normalized spacial score (nSPS) is 10.1. The quantitative estimate of drug-likeness (QED) is 0.905. The minimum atomic E-state index is -0.999. The third kappa shape index (κ3) is 3.06. The van der Waals surface area contributed by atoms with Crippen LogP contribution < -0.4 is 9.47 Å². The van der Waals surface area contributed by atoms with E-state index in [0.717, 1.165) is 5.56 Å². The number of aromatic nitrogens is 1. The van der Waals surface area contributed by atoms with Crippen LogP contribution in [-0.4, -0.2) is 22.7 Å². The SMILES string of the molecule is CCOc1cccnc1Oc1cc(C(=O)O)ccc1C. The molecule has 1 aromatic carbocycles. The Morgan fingerprint density at radius 2 is 2.10 bits per heavy atom. The Morgan fingerprint density at radius 3 is 2.80 bits per heavy atom. The number of carboxylic acids is 1. The van der Waals surface area contributed by atoms with Crippen molar-refractivity contribution < 1.29 is 19.4 Å². The van der Waals surface area contributed by atoms with Crippen molar-refractivity contribution in [2.24, 2.45) is 0 Å². The molecule has 2 rings (SSSR count). The first-order valence-electron chi connectivity index (χ1n) is 6.21. The maximum absolute atomic E-state index is 11.0. The zero-order chi connectivity index (χ0) is 14.5. The maximum Gasteiger partial charge on any atom is 0.335 e. The zero-order valence-electron chi connectivity index (χ0n) is 11.3. The van der Waals surface area contributed by atoms with Crippen LogP contribution in [0, 0.1) is 6.92 Å². The highest BCUT2D eigenvalue weighted by molar-refractivity contribution is 5.88. The standard InChI is InChI=1S/C15H15NO4/c1-3-19-12-5-4-8-16-14(12)20-13-9-11(15(17)18)7-6-10(13)2/h4-9H,3H2,1-2H3,(H,17,18). The molecule has 5 nitrogen and oxygen atoms in total. The fourth-order valence-electron chi connectivity index (χ4n) is 1.67. The van der Waals surface area contributed by atoms with Gasteiger partial charge in [0.05, 0.1) is 12.2 Å². The maximum atomic E-state index is 11.0. The molecule has 104 valence electrons. The minimum absolute atomic E-state index is 0.166. The van der Waals surface area contributed by atoms with Crippen LogP contribution in [0.4, 0.5) is 0 Å². The Kier molecular flexibility index (Phi) is 4.20. The summed E-state index contributed by atoms with van der Waals surface area (Å²) in [4.78, 5) is 15.1. The highest BCUT2D eigenvalue weighted by Gasteiger charge is 2.11. The number of carbonyl (C=O) groups is 1. The van der Waals surface area contributed by atoms with Gasteiger partial charge in [0.25, 0.3) is 5.88 Å². The second-order valence-electron chi connectivity index (χ2n) is 4.13. The Labute approximate surface area is 116 Å². The molecule has 0 aliphatic carbocycles. The highest BCUT2D eigenvalue weighted by atomic mass is 16.5. The van der Waals surface area contributed by atoms with E-state index >= 15 is 0 Å². The lowest BCUT2D eigenvalue weighted by Gasteiger charge is -2.12. The van der Waals surface area contributed by atoms with Crippen LogP contribution in [-0.2, 0) is 0 Å². The van der Waals surface area contributed by atoms with E-state index in [1.807, 2.05) is 13.8 Å². The first-order chi connectivity index (χ1) is 9.61. The van der Waals surface area contributed by atoms with Gasteiger partial charge in [0.1, 0.15) is 5.75 Å². The summed E-state index contributed by atoms with van der Waals surface area (Å²) in [6, 6.07) is 8.21. The average molecular weight is 273 g/mol. The second-order valence-corrected chi connectivity index (χ2v) is 4.13. The van der Waals surface area contributed by atoms with Gasteiger partial charge >= 0.3 is 5.97 Å². The highest BCUT2D eigenvalue weighted by Crippen LogP contribution is 2.31. The molecule has 2 aromatic rings. The van der Waals surface area contributed by atoms with Gasteiger partial charge in [0.2, 0.25) is 0 Å². The lowest BCUT2D eigenvalue weighted by molar-refractivity contribution is 0.0696. The number of nitrogens with zero attached hydrogens (tertiary/aromatic N) is 1. The summed E-state index contributed by atoms with van der Waals surface area (Å²) in [6.45, 7) is 4.20. The molecule has 1 N–H and O–H groups in total. The van der Waals surface area contributed by atoms with Gasteiger partial charge in [-0.1, -0.05) is 6.07 Å². The van der Waals surface area contributed by atoms with E-state index < -0.39 is 5.97 Å². The molecule has 5 heteroatoms. The first kappa shape index (κ1) is 13.9. The minimum Gasteiger partial charge on any atom is -0.488 e. The van der Waals surface area contributed by atoms with Crippen molar-refractivity contribution in [1.29, 1.82) is 0 Å². The molecule has 0 amide bonds. The third-order valence-electron chi connectivity index (χ3n) is 2.68. The number of benzene rings is 1. The van der Waals surface area contributed by atoms with Crippen LogP contribution in [0.2, 0.25) is 0 Å². The van der Waals surface area contributed by atoms with Crippen LogP contribution in [0.15, 0.2) is 36.5 Å². The number of pyridine rings is 1. The Hall–Kier alpha value is -2.56. The second kappa shape index (κ2) is 6.06. The van der Waals surface area contributed by atoms with Gasteiger partial charge < -0.3 is 14.6 Å². The van der Waals surface area contributed by atoms with Crippen molar-refractivity contribution in [2.75, 3.05) is 6.61 Å². The Morgan fingerprint density at radius 1 is 1.30 bits per heavy atom. The molecule has 0 bridgehead atoms. The molecular weight excluding hydrogens is 258 g/mol. The monoisotopic (exact) mass is 273 g/mol. The molecule has 1 heterocycles. The lowest BCUT2D eigenvalue weighted by Crippen LogP contribution is -2.00. The topological polar surface area (TPSA) is 68.7 Å². The lowest BCUT2D eigenvalue weighted by atomic mass is 10.1. The van der Waals surface area contributed by atoms with Crippen molar-refractivity contribution >= 4 is 5.97 Å². The molecule has 0 aliphatic heterocycles. The molecule has 0 spiro atoms. The molecule has 20 heavy (non-hydrogen) atoms. The van der Waals surface area contributed by atoms with Gasteiger partial charge in [0, 0.05) is 6.20 Å². The van der Waals surface area contributed by atoms with E-state index in [2.05, 4.69) is 4.98 Å². The predicted octanol–water partition coefficient (Wildman–Crippen LogP) is 3.28. The molecule has 0 atom stereocenters. The molecule has 0 fully saturated rings. The summed E-state index contributed by atoms with van der Waals surface area (Å²) in [5.74, 6) is 0.292. The first-order valence-corrected chi connectivity index (χ1v) is 6.21. The Balaban J connectivity index is 2.34. The Bertz CT molecular complexity index is 625. The number of ether oxygens (including phenoxy) is 2. The van der Waals surface area contributed by atoms with Gasteiger partial charge in [-0.05, 0) is 43.7 Å². The molecular formula is C15H15NO4. The fourth-order valence-corrected chi connectivity index (χ4v) is 1.67. The number of carboxylic acid groups (broad SMARTS) is 1. The third-order valence-corrected chi connectivity index (χ3v) is 2.68. The summed E-state index contributed by atoms with van der Waals surface area (Å²) in [5, 5.41) is 9.01. The van der Waals surface area contributed by atoms with Crippen LogP contribution >= 0.6 is 0 Å². The number of hydrogen-bond donors (Lipinski definition) is 1. The zero-order valence-corrected chi connectivity index (χ0v) is 11.3. The summed E-state index contributed by atoms with van der Waals surface area (Å²) in [6.07, 6.45) is 1.59. The van der Waals surface area contributed by atoms with E-state index in [0.29, 0.717) is 24.0 Å². The molecule has 0 aliphatic rings. The number of hydrogen-bond acceptors (Lipinski definition) is 4. The van der Waals surface area contributed by atoms with E-state index in [1.54, 1.807) is 24.4 Å². The van der Waals surface area contributed by atoms with E-state index in [9.17, 15) is 4.79 Å². The van der Waals surface area contributed by atoms with Gasteiger partial charge in [-0.2, -0.15) is 0 Å². The largest absolute Gasteiger partial charge is 0.488 e. The van der Waals surface area contributed by atoms with Gasteiger partial charge in [0.15, 0.2) is 5.75 Å². The van der Waals surface area contributed by atoms with Gasteiger partial charge in [-0.25, -0.2) is 9.78 Å². The van der Waals surface area contributed by atoms with Gasteiger partial charge in [-0.3, -0.25) is 0 Å². The molecule has 0 saturated heterocycles. The summed E-state index contributed by atoms with van der Waals surface area (Å²) in [7, 11) is 0.